The smallest absolute Gasteiger partial charge is 0.193 e. The van der Waals surface area contributed by atoms with Crippen LogP contribution in [0.4, 0.5) is 5.69 Å². The van der Waals surface area contributed by atoms with E-state index in [2.05, 4.69) is 34.6 Å². The molecule has 2 aliphatic rings. The molecule has 5 nitrogen and oxygen atoms in total. The maximum absolute atomic E-state index is 6.08. The van der Waals surface area contributed by atoms with Crippen LogP contribution in [-0.4, -0.2) is 25.2 Å². The van der Waals surface area contributed by atoms with Crippen LogP contribution in [0.2, 0.25) is 0 Å². The van der Waals surface area contributed by atoms with Crippen LogP contribution in [-0.2, 0) is 6.42 Å². The number of aliphatic imine (C=N–C) groups is 1. The molecule has 0 bridgehead atoms. The second-order valence-electron chi connectivity index (χ2n) is 6.60. The third-order valence-corrected chi connectivity index (χ3v) is 4.55. The number of nitrogens with zero attached hydrogens (tertiary/aromatic N) is 1. The molecule has 0 spiro atoms. The van der Waals surface area contributed by atoms with Crippen LogP contribution in [0.25, 0.3) is 0 Å². The van der Waals surface area contributed by atoms with Gasteiger partial charge < -0.3 is 20.5 Å². The Labute approximate surface area is 147 Å². The van der Waals surface area contributed by atoms with Gasteiger partial charge in [-0.05, 0) is 36.5 Å². The number of ether oxygens (including phenoxy) is 2. The molecule has 2 unspecified atom stereocenters. The maximum atomic E-state index is 6.08. The molecule has 5 heteroatoms. The number of nitrogens with two attached hydrogens (primary N) is 1. The molecular weight excluding hydrogens is 314 g/mol. The van der Waals surface area contributed by atoms with Gasteiger partial charge in [-0.2, -0.15) is 0 Å². The van der Waals surface area contributed by atoms with Gasteiger partial charge >= 0.3 is 0 Å². The Morgan fingerprint density at radius 2 is 1.88 bits per heavy atom. The van der Waals surface area contributed by atoms with Gasteiger partial charge in [0.25, 0.3) is 0 Å². The summed E-state index contributed by atoms with van der Waals surface area (Å²) in [6, 6.07) is 16.6. The molecule has 0 aromatic heterocycles. The molecule has 3 N–H and O–H groups in total. The molecule has 2 atom stereocenters. The molecule has 1 fully saturated rings. The predicted octanol–water partition coefficient (Wildman–Crippen LogP) is 3.21. The van der Waals surface area contributed by atoms with E-state index in [1.54, 1.807) is 0 Å². The quantitative estimate of drug-likeness (QED) is 0.664. The van der Waals surface area contributed by atoms with Crippen molar-refractivity contribution in [1.82, 2.24) is 0 Å². The van der Waals surface area contributed by atoms with E-state index in [0.29, 0.717) is 31.1 Å². The van der Waals surface area contributed by atoms with Crippen LogP contribution in [0.15, 0.2) is 53.5 Å². The molecule has 1 saturated carbocycles. The SMILES string of the molecule is NC(=NC1CC1Cc1ccccc1)Nc1ccc2c(c1)OCCCO2. The third kappa shape index (κ3) is 4.05. The van der Waals surface area contributed by atoms with Gasteiger partial charge in [-0.3, -0.25) is 0 Å². The molecular formula is C20H23N3O2. The van der Waals surface area contributed by atoms with Gasteiger partial charge in [0, 0.05) is 18.2 Å². The van der Waals surface area contributed by atoms with Gasteiger partial charge in [0.05, 0.1) is 19.3 Å². The first-order valence-electron chi connectivity index (χ1n) is 8.82. The van der Waals surface area contributed by atoms with Crippen molar-refractivity contribution in [1.29, 1.82) is 0 Å². The van der Waals surface area contributed by atoms with Crippen molar-refractivity contribution in [3.63, 3.8) is 0 Å². The lowest BCUT2D eigenvalue weighted by Gasteiger charge is -2.10. The van der Waals surface area contributed by atoms with Gasteiger partial charge in [-0.25, -0.2) is 4.99 Å². The van der Waals surface area contributed by atoms with Crippen LogP contribution < -0.4 is 20.5 Å². The fourth-order valence-corrected chi connectivity index (χ4v) is 3.13. The number of hydrogen-bond donors (Lipinski definition) is 2. The topological polar surface area (TPSA) is 68.9 Å². The third-order valence-electron chi connectivity index (χ3n) is 4.55. The number of guanidine groups is 1. The minimum Gasteiger partial charge on any atom is -0.490 e. The summed E-state index contributed by atoms with van der Waals surface area (Å²) in [6.45, 7) is 1.36. The summed E-state index contributed by atoms with van der Waals surface area (Å²) in [5, 5.41) is 3.16. The minimum atomic E-state index is 0.313. The van der Waals surface area contributed by atoms with Crippen molar-refractivity contribution in [2.24, 2.45) is 16.6 Å². The van der Waals surface area contributed by atoms with Crippen molar-refractivity contribution in [2.75, 3.05) is 18.5 Å². The largest absolute Gasteiger partial charge is 0.490 e. The highest BCUT2D eigenvalue weighted by Crippen LogP contribution is 2.37. The monoisotopic (exact) mass is 337 g/mol. The molecule has 0 amide bonds. The first-order chi connectivity index (χ1) is 12.3. The van der Waals surface area contributed by atoms with E-state index in [1.807, 2.05) is 24.3 Å². The fraction of sp³-hybridized carbons (Fsp3) is 0.350. The van der Waals surface area contributed by atoms with Crippen molar-refractivity contribution >= 4 is 11.6 Å². The van der Waals surface area contributed by atoms with Gasteiger partial charge in [0.1, 0.15) is 0 Å². The summed E-state index contributed by atoms with van der Waals surface area (Å²) in [4.78, 5) is 4.60. The van der Waals surface area contributed by atoms with Crippen LogP contribution >= 0.6 is 0 Å². The van der Waals surface area contributed by atoms with E-state index in [4.69, 9.17) is 15.2 Å². The number of anilines is 1. The standard InChI is InChI=1S/C20H23N3O2/c21-20(23-17-12-15(17)11-14-5-2-1-3-6-14)22-16-7-8-18-19(13-16)25-10-4-9-24-18/h1-3,5-8,13,15,17H,4,9-12H2,(H3,21,22,23). The zero-order valence-electron chi connectivity index (χ0n) is 14.2. The number of nitrogens with one attached hydrogen (secondary N) is 1. The van der Waals surface area contributed by atoms with Crippen molar-refractivity contribution in [3.05, 3.63) is 54.1 Å². The highest BCUT2D eigenvalue weighted by Gasteiger charge is 2.37. The molecule has 1 aliphatic carbocycles. The highest BCUT2D eigenvalue weighted by atomic mass is 16.5. The molecule has 0 saturated heterocycles. The van der Waals surface area contributed by atoms with Gasteiger partial charge in [-0.15, -0.1) is 0 Å². The Hall–Kier alpha value is -2.69. The maximum Gasteiger partial charge on any atom is 0.193 e. The van der Waals surface area contributed by atoms with Crippen LogP contribution in [0.1, 0.15) is 18.4 Å². The second-order valence-corrected chi connectivity index (χ2v) is 6.60. The highest BCUT2D eigenvalue weighted by molar-refractivity contribution is 5.92. The van der Waals surface area contributed by atoms with Crippen molar-refractivity contribution in [2.45, 2.75) is 25.3 Å². The normalized spacial score (nSPS) is 22.2. The Morgan fingerprint density at radius 3 is 2.72 bits per heavy atom. The summed E-state index contributed by atoms with van der Waals surface area (Å²) < 4.78 is 11.3. The predicted molar refractivity (Wildman–Crippen MR) is 99.3 cm³/mol. The summed E-state index contributed by atoms with van der Waals surface area (Å²) in [7, 11) is 0. The lowest BCUT2D eigenvalue weighted by atomic mass is 10.1. The average molecular weight is 337 g/mol. The van der Waals surface area contributed by atoms with E-state index >= 15 is 0 Å². The first-order valence-corrected chi connectivity index (χ1v) is 8.82. The number of benzene rings is 2. The Bertz CT molecular complexity index is 761. The van der Waals surface area contributed by atoms with E-state index in [0.717, 1.165) is 36.4 Å². The number of fused-ring (bicyclic) bond motifs is 1. The zero-order valence-corrected chi connectivity index (χ0v) is 14.2. The number of rotatable bonds is 4. The summed E-state index contributed by atoms with van der Waals surface area (Å²) in [6.07, 6.45) is 3.05. The van der Waals surface area contributed by atoms with E-state index < -0.39 is 0 Å². The molecule has 130 valence electrons. The van der Waals surface area contributed by atoms with Gasteiger partial charge in [0.2, 0.25) is 0 Å². The summed E-state index contributed by atoms with van der Waals surface area (Å²) in [5.74, 6) is 2.58. The zero-order chi connectivity index (χ0) is 17.1. The molecule has 1 aliphatic heterocycles. The van der Waals surface area contributed by atoms with E-state index in [1.165, 1.54) is 5.56 Å². The fourth-order valence-electron chi connectivity index (χ4n) is 3.13. The lowest BCUT2D eigenvalue weighted by Crippen LogP contribution is -2.23. The van der Waals surface area contributed by atoms with Crippen LogP contribution in [0, 0.1) is 5.92 Å². The Kier molecular flexibility index (Phi) is 4.46. The molecule has 2 aromatic rings. The second kappa shape index (κ2) is 7.05. The molecule has 2 aromatic carbocycles. The first kappa shape index (κ1) is 15.8. The summed E-state index contributed by atoms with van der Waals surface area (Å²) in [5.41, 5.74) is 8.30. The van der Waals surface area contributed by atoms with Gasteiger partial charge in [-0.1, -0.05) is 30.3 Å². The van der Waals surface area contributed by atoms with E-state index in [-0.39, 0.29) is 0 Å². The average Bonchev–Trinajstić information content (AvgIpc) is 3.38. The molecule has 25 heavy (non-hydrogen) atoms. The van der Waals surface area contributed by atoms with Crippen LogP contribution in [0.3, 0.4) is 0 Å². The van der Waals surface area contributed by atoms with Crippen molar-refractivity contribution < 1.29 is 9.47 Å². The Morgan fingerprint density at radius 1 is 1.08 bits per heavy atom. The molecule has 0 radical (unpaired) electrons. The van der Waals surface area contributed by atoms with Crippen LogP contribution in [0.5, 0.6) is 11.5 Å². The number of hydrogen-bond acceptors (Lipinski definition) is 3. The summed E-state index contributed by atoms with van der Waals surface area (Å²) >= 11 is 0. The van der Waals surface area contributed by atoms with Gasteiger partial charge in [0.15, 0.2) is 17.5 Å². The Balaban J connectivity index is 1.35. The van der Waals surface area contributed by atoms with Crippen molar-refractivity contribution in [3.8, 4) is 11.5 Å². The molecule has 4 rings (SSSR count). The minimum absolute atomic E-state index is 0.313. The van der Waals surface area contributed by atoms with E-state index in [9.17, 15) is 0 Å². The molecule has 1 heterocycles. The lowest BCUT2D eigenvalue weighted by molar-refractivity contribution is 0.297.